The van der Waals surface area contributed by atoms with Gasteiger partial charge in [0.25, 0.3) is 0 Å². The zero-order valence-corrected chi connectivity index (χ0v) is 11.3. The van der Waals surface area contributed by atoms with Crippen LogP contribution in [0.1, 0.15) is 32.1 Å². The normalized spacial score (nSPS) is 16.7. The Bertz CT molecular complexity index is 605. The van der Waals surface area contributed by atoms with Gasteiger partial charge < -0.3 is 5.32 Å². The number of amides is 1. The SMILES string of the molecule is O=C(Nc1nc2ccc(F)cc2s1)C1CCCCC1. The molecule has 100 valence electrons. The third-order valence-corrected chi connectivity index (χ3v) is 4.49. The van der Waals surface area contributed by atoms with Crippen LogP contribution in [0.5, 0.6) is 0 Å². The fourth-order valence-corrected chi connectivity index (χ4v) is 3.42. The van der Waals surface area contributed by atoms with Gasteiger partial charge in [-0.2, -0.15) is 0 Å². The van der Waals surface area contributed by atoms with Crippen LogP contribution in [0.25, 0.3) is 10.2 Å². The highest BCUT2D eigenvalue weighted by molar-refractivity contribution is 7.22. The van der Waals surface area contributed by atoms with Gasteiger partial charge in [-0.25, -0.2) is 9.37 Å². The zero-order valence-electron chi connectivity index (χ0n) is 10.5. The molecule has 0 spiro atoms. The fraction of sp³-hybridized carbons (Fsp3) is 0.429. The smallest absolute Gasteiger partial charge is 0.229 e. The van der Waals surface area contributed by atoms with E-state index in [1.807, 2.05) is 0 Å². The van der Waals surface area contributed by atoms with Crippen LogP contribution < -0.4 is 5.32 Å². The molecule has 1 amide bonds. The van der Waals surface area contributed by atoms with E-state index in [2.05, 4.69) is 10.3 Å². The molecule has 2 aromatic rings. The van der Waals surface area contributed by atoms with Crippen LogP contribution >= 0.6 is 11.3 Å². The summed E-state index contributed by atoms with van der Waals surface area (Å²) in [5, 5.41) is 3.43. The number of aromatic nitrogens is 1. The van der Waals surface area contributed by atoms with Gasteiger partial charge in [0.15, 0.2) is 5.13 Å². The Morgan fingerprint density at radius 2 is 2.11 bits per heavy atom. The van der Waals surface area contributed by atoms with Gasteiger partial charge in [0.1, 0.15) is 5.82 Å². The van der Waals surface area contributed by atoms with Crippen molar-refractivity contribution in [2.75, 3.05) is 5.32 Å². The van der Waals surface area contributed by atoms with E-state index in [9.17, 15) is 9.18 Å². The first-order valence-electron chi connectivity index (χ1n) is 6.59. The van der Waals surface area contributed by atoms with Crippen molar-refractivity contribution in [3.63, 3.8) is 0 Å². The second-order valence-electron chi connectivity index (χ2n) is 4.96. The Balaban J connectivity index is 1.75. The highest BCUT2D eigenvalue weighted by atomic mass is 32.1. The van der Waals surface area contributed by atoms with E-state index in [0.717, 1.165) is 35.9 Å². The summed E-state index contributed by atoms with van der Waals surface area (Å²) in [4.78, 5) is 16.4. The maximum Gasteiger partial charge on any atom is 0.229 e. The van der Waals surface area contributed by atoms with Gasteiger partial charge in [0.2, 0.25) is 5.91 Å². The molecule has 0 atom stereocenters. The molecule has 1 fully saturated rings. The summed E-state index contributed by atoms with van der Waals surface area (Å²) in [7, 11) is 0. The molecule has 1 heterocycles. The number of hydrogen-bond acceptors (Lipinski definition) is 3. The first-order valence-corrected chi connectivity index (χ1v) is 7.41. The molecule has 0 bridgehead atoms. The van der Waals surface area contributed by atoms with Gasteiger partial charge in [-0.3, -0.25) is 4.79 Å². The number of carbonyl (C=O) groups is 1. The van der Waals surface area contributed by atoms with Crippen molar-refractivity contribution < 1.29 is 9.18 Å². The highest BCUT2D eigenvalue weighted by Gasteiger charge is 2.21. The average molecular weight is 278 g/mol. The molecule has 3 rings (SSSR count). The molecule has 1 aromatic carbocycles. The zero-order chi connectivity index (χ0) is 13.2. The molecule has 1 aromatic heterocycles. The average Bonchev–Trinajstić information content (AvgIpc) is 2.81. The summed E-state index contributed by atoms with van der Waals surface area (Å²) in [5.74, 6) is -0.113. The van der Waals surface area contributed by atoms with E-state index in [1.54, 1.807) is 6.07 Å². The minimum Gasteiger partial charge on any atom is -0.302 e. The molecule has 3 nitrogen and oxygen atoms in total. The van der Waals surface area contributed by atoms with Crippen molar-refractivity contribution in [2.45, 2.75) is 32.1 Å². The summed E-state index contributed by atoms with van der Waals surface area (Å²) in [6.45, 7) is 0. The fourth-order valence-electron chi connectivity index (χ4n) is 2.52. The molecular weight excluding hydrogens is 263 g/mol. The van der Waals surface area contributed by atoms with Crippen LogP contribution in [-0.2, 0) is 4.79 Å². The molecule has 1 saturated carbocycles. The molecule has 1 aliphatic rings. The van der Waals surface area contributed by atoms with Crippen molar-refractivity contribution in [3.05, 3.63) is 24.0 Å². The van der Waals surface area contributed by atoms with E-state index >= 15 is 0 Å². The molecule has 19 heavy (non-hydrogen) atoms. The van der Waals surface area contributed by atoms with E-state index in [0.29, 0.717) is 5.13 Å². The van der Waals surface area contributed by atoms with Crippen LogP contribution in [-0.4, -0.2) is 10.9 Å². The van der Waals surface area contributed by atoms with Crippen LogP contribution in [0, 0.1) is 11.7 Å². The van der Waals surface area contributed by atoms with Crippen molar-refractivity contribution in [2.24, 2.45) is 5.92 Å². The summed E-state index contributed by atoms with van der Waals surface area (Å²) < 4.78 is 13.9. The molecule has 0 aliphatic heterocycles. The van der Waals surface area contributed by atoms with Crippen LogP contribution in [0.15, 0.2) is 18.2 Å². The number of carbonyl (C=O) groups excluding carboxylic acids is 1. The highest BCUT2D eigenvalue weighted by Crippen LogP contribution is 2.29. The number of hydrogen-bond donors (Lipinski definition) is 1. The van der Waals surface area contributed by atoms with E-state index in [1.165, 1.54) is 29.9 Å². The maximum absolute atomic E-state index is 13.1. The first kappa shape index (κ1) is 12.5. The molecule has 0 radical (unpaired) electrons. The van der Waals surface area contributed by atoms with Crippen molar-refractivity contribution >= 4 is 32.6 Å². The number of benzene rings is 1. The van der Waals surface area contributed by atoms with Gasteiger partial charge in [0, 0.05) is 5.92 Å². The summed E-state index contributed by atoms with van der Waals surface area (Å²) in [6.07, 6.45) is 5.41. The number of halogens is 1. The van der Waals surface area contributed by atoms with Gasteiger partial charge >= 0.3 is 0 Å². The Morgan fingerprint density at radius 3 is 2.89 bits per heavy atom. The van der Waals surface area contributed by atoms with Gasteiger partial charge in [-0.05, 0) is 31.0 Å². The molecule has 5 heteroatoms. The van der Waals surface area contributed by atoms with Crippen molar-refractivity contribution in [3.8, 4) is 0 Å². The standard InChI is InChI=1S/C14H15FN2OS/c15-10-6-7-11-12(8-10)19-14(16-11)17-13(18)9-4-2-1-3-5-9/h6-9H,1-5H2,(H,16,17,18). The molecule has 0 unspecified atom stereocenters. The van der Waals surface area contributed by atoms with Gasteiger partial charge in [-0.1, -0.05) is 30.6 Å². The third-order valence-electron chi connectivity index (χ3n) is 3.56. The maximum atomic E-state index is 13.1. The lowest BCUT2D eigenvalue weighted by molar-refractivity contribution is -0.120. The quantitative estimate of drug-likeness (QED) is 0.903. The summed E-state index contributed by atoms with van der Waals surface area (Å²) in [6, 6.07) is 4.47. The van der Waals surface area contributed by atoms with Gasteiger partial charge in [0.05, 0.1) is 10.2 Å². The van der Waals surface area contributed by atoms with Crippen molar-refractivity contribution in [1.82, 2.24) is 4.98 Å². The minimum atomic E-state index is -0.277. The lowest BCUT2D eigenvalue weighted by Crippen LogP contribution is -2.24. The number of nitrogens with zero attached hydrogens (tertiary/aromatic N) is 1. The molecule has 1 aliphatic carbocycles. The van der Waals surface area contributed by atoms with Crippen molar-refractivity contribution in [1.29, 1.82) is 0 Å². The second-order valence-corrected chi connectivity index (χ2v) is 5.99. The third kappa shape index (κ3) is 2.76. The second kappa shape index (κ2) is 5.25. The Labute approximate surface area is 114 Å². The number of nitrogens with one attached hydrogen (secondary N) is 1. The topological polar surface area (TPSA) is 42.0 Å². The number of rotatable bonds is 2. The summed E-state index contributed by atoms with van der Waals surface area (Å²) in [5.41, 5.74) is 0.727. The number of fused-ring (bicyclic) bond motifs is 1. The minimum absolute atomic E-state index is 0.0548. The Morgan fingerprint density at radius 1 is 1.32 bits per heavy atom. The molecular formula is C14H15FN2OS. The summed E-state index contributed by atoms with van der Waals surface area (Å²) >= 11 is 1.32. The van der Waals surface area contributed by atoms with Gasteiger partial charge in [-0.15, -0.1) is 0 Å². The Kier molecular flexibility index (Phi) is 3.46. The predicted molar refractivity (Wildman–Crippen MR) is 74.8 cm³/mol. The van der Waals surface area contributed by atoms with E-state index in [-0.39, 0.29) is 17.6 Å². The molecule has 1 N–H and O–H groups in total. The van der Waals surface area contributed by atoms with Crippen LogP contribution in [0.2, 0.25) is 0 Å². The lowest BCUT2D eigenvalue weighted by Gasteiger charge is -2.19. The number of anilines is 1. The molecule has 0 saturated heterocycles. The lowest BCUT2D eigenvalue weighted by atomic mass is 9.89. The van der Waals surface area contributed by atoms with Crippen LogP contribution in [0.4, 0.5) is 9.52 Å². The first-order chi connectivity index (χ1) is 9.22. The van der Waals surface area contributed by atoms with E-state index < -0.39 is 0 Å². The largest absolute Gasteiger partial charge is 0.302 e. The monoisotopic (exact) mass is 278 g/mol. The van der Waals surface area contributed by atoms with Crippen LogP contribution in [0.3, 0.4) is 0 Å². The van der Waals surface area contributed by atoms with E-state index in [4.69, 9.17) is 0 Å². The predicted octanol–water partition coefficient (Wildman–Crippen LogP) is 3.95. The number of thiazole rings is 1. The Hall–Kier alpha value is -1.49.